The van der Waals surface area contributed by atoms with E-state index in [-0.39, 0.29) is 0 Å². The number of phenols is 1. The molecule has 1 rings (SSSR count). The highest BCUT2D eigenvalue weighted by atomic mass is 16.3. The van der Waals surface area contributed by atoms with E-state index >= 15 is 0 Å². The van der Waals surface area contributed by atoms with Crippen LogP contribution in [0, 0.1) is 6.92 Å². The Bertz CT molecular complexity index is 305. The number of likely N-dealkylation sites (N-methyl/N-ethyl adjacent to an activating group) is 1. The zero-order valence-electron chi connectivity index (χ0n) is 8.04. The van der Waals surface area contributed by atoms with E-state index in [0.717, 1.165) is 12.1 Å². The van der Waals surface area contributed by atoms with Crippen molar-refractivity contribution >= 4 is 6.08 Å². The van der Waals surface area contributed by atoms with Crippen molar-refractivity contribution in [3.63, 3.8) is 0 Å². The van der Waals surface area contributed by atoms with Gasteiger partial charge in [-0.3, -0.25) is 0 Å². The Balaban J connectivity index is 2.81. The van der Waals surface area contributed by atoms with Crippen LogP contribution in [0.1, 0.15) is 11.1 Å². The third-order valence-electron chi connectivity index (χ3n) is 1.88. The molecule has 0 radical (unpaired) electrons. The van der Waals surface area contributed by atoms with E-state index in [1.807, 2.05) is 32.2 Å². The van der Waals surface area contributed by atoms with E-state index in [4.69, 9.17) is 0 Å². The van der Waals surface area contributed by atoms with Crippen molar-refractivity contribution in [2.45, 2.75) is 6.92 Å². The van der Waals surface area contributed by atoms with E-state index in [0.29, 0.717) is 5.75 Å². The van der Waals surface area contributed by atoms with Crippen molar-refractivity contribution in [3.8, 4) is 5.75 Å². The van der Waals surface area contributed by atoms with Crippen LogP contribution in [-0.2, 0) is 0 Å². The largest absolute Gasteiger partial charge is 0.508 e. The molecule has 0 aromatic heterocycles. The van der Waals surface area contributed by atoms with Crippen LogP contribution in [0.5, 0.6) is 5.75 Å². The van der Waals surface area contributed by atoms with E-state index in [1.54, 1.807) is 12.1 Å². The molecule has 0 unspecified atom stereocenters. The first-order chi connectivity index (χ1) is 6.24. The molecule has 0 aliphatic heterocycles. The number of hydrogen-bond donors (Lipinski definition) is 2. The SMILES string of the molecule is CNCC=Cc1cc(O)ccc1C. The maximum atomic E-state index is 9.24. The molecule has 0 saturated carbocycles. The average molecular weight is 177 g/mol. The molecule has 0 saturated heterocycles. The molecular weight excluding hydrogens is 162 g/mol. The van der Waals surface area contributed by atoms with Gasteiger partial charge in [-0.2, -0.15) is 0 Å². The smallest absolute Gasteiger partial charge is 0.116 e. The number of hydrogen-bond acceptors (Lipinski definition) is 2. The fraction of sp³-hybridized carbons (Fsp3) is 0.273. The van der Waals surface area contributed by atoms with Gasteiger partial charge in [-0.15, -0.1) is 0 Å². The lowest BCUT2D eigenvalue weighted by Gasteiger charge is -2.00. The van der Waals surface area contributed by atoms with Gasteiger partial charge in [0.1, 0.15) is 5.75 Å². The van der Waals surface area contributed by atoms with Gasteiger partial charge in [-0.25, -0.2) is 0 Å². The molecule has 1 aromatic carbocycles. The second-order valence-electron chi connectivity index (χ2n) is 3.00. The van der Waals surface area contributed by atoms with Crippen LogP contribution >= 0.6 is 0 Å². The predicted octanol–water partition coefficient (Wildman–Crippen LogP) is 1.93. The topological polar surface area (TPSA) is 32.3 Å². The minimum atomic E-state index is 0.315. The summed E-state index contributed by atoms with van der Waals surface area (Å²) in [5, 5.41) is 12.3. The lowest BCUT2D eigenvalue weighted by molar-refractivity contribution is 0.475. The summed E-state index contributed by atoms with van der Waals surface area (Å²) >= 11 is 0. The molecule has 0 fully saturated rings. The quantitative estimate of drug-likeness (QED) is 0.739. The molecule has 0 heterocycles. The number of rotatable bonds is 3. The number of nitrogens with one attached hydrogen (secondary N) is 1. The van der Waals surface area contributed by atoms with Crippen LogP contribution in [0.2, 0.25) is 0 Å². The van der Waals surface area contributed by atoms with Gasteiger partial charge in [0.05, 0.1) is 0 Å². The molecule has 2 N–H and O–H groups in total. The molecule has 0 aliphatic rings. The Morgan fingerprint density at radius 1 is 1.46 bits per heavy atom. The van der Waals surface area contributed by atoms with E-state index in [2.05, 4.69) is 5.32 Å². The van der Waals surface area contributed by atoms with Crippen molar-refractivity contribution in [1.82, 2.24) is 5.32 Å². The number of aryl methyl sites for hydroxylation is 1. The number of aromatic hydroxyl groups is 1. The third-order valence-corrected chi connectivity index (χ3v) is 1.88. The van der Waals surface area contributed by atoms with Crippen LogP contribution in [0.3, 0.4) is 0 Å². The lowest BCUT2D eigenvalue weighted by atomic mass is 10.1. The summed E-state index contributed by atoms with van der Waals surface area (Å²) < 4.78 is 0. The van der Waals surface area contributed by atoms with Gasteiger partial charge in [0.2, 0.25) is 0 Å². The Kier molecular flexibility index (Phi) is 3.53. The standard InChI is InChI=1S/C11H15NO/c1-9-5-6-11(13)8-10(9)4-3-7-12-2/h3-6,8,12-13H,7H2,1-2H3. The van der Waals surface area contributed by atoms with Crippen molar-refractivity contribution in [3.05, 3.63) is 35.4 Å². The van der Waals surface area contributed by atoms with Crippen LogP contribution in [0.4, 0.5) is 0 Å². The monoisotopic (exact) mass is 177 g/mol. The van der Waals surface area contributed by atoms with Crippen molar-refractivity contribution in [1.29, 1.82) is 0 Å². The highest BCUT2D eigenvalue weighted by Gasteiger charge is 1.94. The van der Waals surface area contributed by atoms with E-state index in [1.165, 1.54) is 5.56 Å². The van der Waals surface area contributed by atoms with Gasteiger partial charge < -0.3 is 10.4 Å². The molecule has 2 nitrogen and oxygen atoms in total. The zero-order chi connectivity index (χ0) is 9.68. The third kappa shape index (κ3) is 2.92. The summed E-state index contributed by atoms with van der Waals surface area (Å²) in [6.07, 6.45) is 4.04. The number of phenolic OH excluding ortho intramolecular Hbond substituents is 1. The van der Waals surface area contributed by atoms with Crippen molar-refractivity contribution in [2.24, 2.45) is 0 Å². The molecular formula is C11H15NO. The fourth-order valence-electron chi connectivity index (χ4n) is 1.11. The predicted molar refractivity (Wildman–Crippen MR) is 55.8 cm³/mol. The van der Waals surface area contributed by atoms with Gasteiger partial charge in [-0.05, 0) is 37.2 Å². The Labute approximate surface area is 78.9 Å². The first-order valence-electron chi connectivity index (χ1n) is 4.35. The second-order valence-corrected chi connectivity index (χ2v) is 3.00. The summed E-state index contributed by atoms with van der Waals surface area (Å²) in [6, 6.07) is 5.38. The average Bonchev–Trinajstić information content (AvgIpc) is 2.11. The molecule has 13 heavy (non-hydrogen) atoms. The minimum Gasteiger partial charge on any atom is -0.508 e. The summed E-state index contributed by atoms with van der Waals surface area (Å²) in [5.74, 6) is 0.315. The van der Waals surface area contributed by atoms with Crippen molar-refractivity contribution < 1.29 is 5.11 Å². The van der Waals surface area contributed by atoms with Gasteiger partial charge >= 0.3 is 0 Å². The Hall–Kier alpha value is -1.28. The molecule has 0 atom stereocenters. The molecule has 0 bridgehead atoms. The summed E-state index contributed by atoms with van der Waals surface area (Å²) in [7, 11) is 1.90. The fourth-order valence-corrected chi connectivity index (χ4v) is 1.11. The lowest BCUT2D eigenvalue weighted by Crippen LogP contribution is -2.03. The molecule has 0 spiro atoms. The first kappa shape index (κ1) is 9.81. The van der Waals surface area contributed by atoms with Crippen LogP contribution in [0.15, 0.2) is 24.3 Å². The van der Waals surface area contributed by atoms with Gasteiger partial charge in [0, 0.05) is 6.54 Å². The molecule has 0 aliphatic carbocycles. The molecule has 1 aromatic rings. The van der Waals surface area contributed by atoms with E-state index < -0.39 is 0 Å². The first-order valence-corrected chi connectivity index (χ1v) is 4.35. The van der Waals surface area contributed by atoms with Crippen LogP contribution in [-0.4, -0.2) is 18.7 Å². The molecule has 70 valence electrons. The highest BCUT2D eigenvalue weighted by Crippen LogP contribution is 2.16. The summed E-state index contributed by atoms with van der Waals surface area (Å²) in [5.41, 5.74) is 2.24. The highest BCUT2D eigenvalue weighted by molar-refractivity contribution is 5.55. The summed E-state index contributed by atoms with van der Waals surface area (Å²) in [6.45, 7) is 2.87. The van der Waals surface area contributed by atoms with Gasteiger partial charge in [-0.1, -0.05) is 18.2 Å². The van der Waals surface area contributed by atoms with E-state index in [9.17, 15) is 5.11 Å². The van der Waals surface area contributed by atoms with Gasteiger partial charge in [0.15, 0.2) is 0 Å². The van der Waals surface area contributed by atoms with Gasteiger partial charge in [0.25, 0.3) is 0 Å². The Morgan fingerprint density at radius 3 is 2.92 bits per heavy atom. The van der Waals surface area contributed by atoms with Crippen LogP contribution in [0.25, 0.3) is 6.08 Å². The Morgan fingerprint density at radius 2 is 2.23 bits per heavy atom. The van der Waals surface area contributed by atoms with Crippen molar-refractivity contribution in [2.75, 3.05) is 13.6 Å². The van der Waals surface area contributed by atoms with Crippen LogP contribution < -0.4 is 5.32 Å². The minimum absolute atomic E-state index is 0.315. The molecule has 0 amide bonds. The number of benzene rings is 1. The normalized spacial score (nSPS) is 10.9. The second kappa shape index (κ2) is 4.67. The zero-order valence-corrected chi connectivity index (χ0v) is 8.04. The molecule has 2 heteroatoms. The maximum absolute atomic E-state index is 9.24. The summed E-state index contributed by atoms with van der Waals surface area (Å²) in [4.78, 5) is 0. The maximum Gasteiger partial charge on any atom is 0.116 e.